The number of unbranched alkanes of at least 4 members (excludes halogenated alkanes) is 1. The van der Waals surface area contributed by atoms with E-state index in [0.29, 0.717) is 12.2 Å². The fourth-order valence-electron chi connectivity index (χ4n) is 2.18. The number of primary amides is 1. The second kappa shape index (κ2) is 7.58. The van der Waals surface area contributed by atoms with Gasteiger partial charge in [0.1, 0.15) is 5.69 Å². The summed E-state index contributed by atoms with van der Waals surface area (Å²) in [6.07, 6.45) is 1.70. The third kappa shape index (κ3) is 4.42. The monoisotopic (exact) mass is 315 g/mol. The Labute approximate surface area is 135 Å². The number of hydrogen-bond donors (Lipinski definition) is 1. The quantitative estimate of drug-likeness (QED) is 0.849. The van der Waals surface area contributed by atoms with Crippen LogP contribution in [-0.2, 0) is 4.79 Å². The number of rotatable bonds is 7. The summed E-state index contributed by atoms with van der Waals surface area (Å²) in [6, 6.07) is 9.35. The van der Waals surface area contributed by atoms with E-state index in [4.69, 9.17) is 10.3 Å². The van der Waals surface area contributed by atoms with Gasteiger partial charge in [-0.1, -0.05) is 48.3 Å². The van der Waals surface area contributed by atoms with Gasteiger partial charge in [0.2, 0.25) is 11.7 Å². The zero-order valence-electron chi connectivity index (χ0n) is 13.4. The average molecular weight is 315 g/mol. The van der Waals surface area contributed by atoms with E-state index in [1.807, 2.05) is 38.1 Å². The maximum Gasteiger partial charge on any atom is 0.292 e. The van der Waals surface area contributed by atoms with Crippen molar-refractivity contribution in [3.05, 3.63) is 41.7 Å². The van der Waals surface area contributed by atoms with Gasteiger partial charge in [0.05, 0.1) is 6.54 Å². The fourth-order valence-corrected chi connectivity index (χ4v) is 2.18. The molecule has 1 heterocycles. The molecule has 2 N–H and O–H groups in total. The number of hydrogen-bond acceptors (Lipinski definition) is 4. The lowest BCUT2D eigenvalue weighted by atomic mass is 10.1. The van der Waals surface area contributed by atoms with Crippen LogP contribution in [0, 0.1) is 6.92 Å². The van der Waals surface area contributed by atoms with Crippen LogP contribution in [-0.4, -0.2) is 35.0 Å². The van der Waals surface area contributed by atoms with Crippen molar-refractivity contribution in [3.63, 3.8) is 0 Å². The Hall–Kier alpha value is -2.63. The Kier molecular flexibility index (Phi) is 5.51. The number of benzene rings is 1. The third-order valence-electron chi connectivity index (χ3n) is 3.48. The molecule has 0 radical (unpaired) electrons. The molecule has 0 aliphatic carbocycles. The molecular weight excluding hydrogens is 294 g/mol. The SMILES string of the molecule is CCCCN(CC(N)=O)C(=O)c1cc(-c2ccc(C)cc2)no1. The highest BCUT2D eigenvalue weighted by Gasteiger charge is 2.22. The third-order valence-corrected chi connectivity index (χ3v) is 3.48. The lowest BCUT2D eigenvalue weighted by Gasteiger charge is -2.19. The molecule has 0 unspecified atom stereocenters. The predicted octanol–water partition coefficient (Wildman–Crippen LogP) is 2.38. The van der Waals surface area contributed by atoms with Gasteiger partial charge >= 0.3 is 0 Å². The number of aryl methyl sites for hydroxylation is 1. The van der Waals surface area contributed by atoms with E-state index in [-0.39, 0.29) is 18.2 Å². The maximum absolute atomic E-state index is 12.5. The van der Waals surface area contributed by atoms with Crippen LogP contribution in [0.3, 0.4) is 0 Å². The molecule has 0 spiro atoms. The molecule has 1 aromatic carbocycles. The standard InChI is InChI=1S/C17H21N3O3/c1-3-4-9-20(11-16(18)21)17(22)15-10-14(19-23-15)13-7-5-12(2)6-8-13/h5-8,10H,3-4,9,11H2,1-2H3,(H2,18,21). The molecule has 2 aromatic rings. The number of aromatic nitrogens is 1. The van der Waals surface area contributed by atoms with Crippen molar-refractivity contribution < 1.29 is 14.1 Å². The van der Waals surface area contributed by atoms with Crippen LogP contribution in [0.4, 0.5) is 0 Å². The Morgan fingerprint density at radius 2 is 1.96 bits per heavy atom. The highest BCUT2D eigenvalue weighted by molar-refractivity contribution is 5.94. The molecule has 0 fully saturated rings. The molecule has 0 aliphatic heterocycles. The number of nitrogens with two attached hydrogens (primary N) is 1. The second-order valence-electron chi connectivity index (χ2n) is 5.49. The van der Waals surface area contributed by atoms with Crippen molar-refractivity contribution in [2.75, 3.05) is 13.1 Å². The zero-order chi connectivity index (χ0) is 16.8. The summed E-state index contributed by atoms with van der Waals surface area (Å²) in [5, 5.41) is 3.94. The molecule has 0 bridgehead atoms. The number of carbonyl (C=O) groups excluding carboxylic acids is 2. The number of carbonyl (C=O) groups is 2. The Balaban J connectivity index is 2.17. The normalized spacial score (nSPS) is 10.5. The van der Waals surface area contributed by atoms with Gasteiger partial charge in [-0.25, -0.2) is 0 Å². The lowest BCUT2D eigenvalue weighted by Crippen LogP contribution is -2.38. The topological polar surface area (TPSA) is 89.4 Å². The summed E-state index contributed by atoms with van der Waals surface area (Å²) in [4.78, 5) is 25.0. The Bertz CT molecular complexity index is 677. The van der Waals surface area contributed by atoms with Crippen LogP contribution >= 0.6 is 0 Å². The minimum Gasteiger partial charge on any atom is -0.368 e. The molecule has 6 nitrogen and oxygen atoms in total. The van der Waals surface area contributed by atoms with Gasteiger partial charge in [-0.05, 0) is 13.3 Å². The highest BCUT2D eigenvalue weighted by atomic mass is 16.5. The number of nitrogens with zero attached hydrogens (tertiary/aromatic N) is 2. The van der Waals surface area contributed by atoms with E-state index < -0.39 is 5.91 Å². The summed E-state index contributed by atoms with van der Waals surface area (Å²) < 4.78 is 5.16. The second-order valence-corrected chi connectivity index (χ2v) is 5.49. The van der Waals surface area contributed by atoms with E-state index in [1.165, 1.54) is 4.90 Å². The Morgan fingerprint density at radius 3 is 2.57 bits per heavy atom. The molecule has 0 saturated heterocycles. The van der Waals surface area contributed by atoms with E-state index in [1.54, 1.807) is 6.07 Å². The van der Waals surface area contributed by atoms with Crippen molar-refractivity contribution in [2.24, 2.45) is 5.73 Å². The molecule has 2 amide bonds. The molecule has 23 heavy (non-hydrogen) atoms. The summed E-state index contributed by atoms with van der Waals surface area (Å²) in [5.74, 6) is -0.811. The average Bonchev–Trinajstić information content (AvgIpc) is 3.01. The van der Waals surface area contributed by atoms with Gasteiger partial charge < -0.3 is 15.2 Å². The molecule has 0 atom stereocenters. The van der Waals surface area contributed by atoms with E-state index >= 15 is 0 Å². The first-order valence-electron chi connectivity index (χ1n) is 7.62. The first kappa shape index (κ1) is 16.7. The van der Waals surface area contributed by atoms with Crippen molar-refractivity contribution in [1.29, 1.82) is 0 Å². The summed E-state index contributed by atoms with van der Waals surface area (Å²) in [6.45, 7) is 4.34. The van der Waals surface area contributed by atoms with Gasteiger partial charge in [-0.15, -0.1) is 0 Å². The molecule has 122 valence electrons. The van der Waals surface area contributed by atoms with Crippen LogP contribution in [0.25, 0.3) is 11.3 Å². The molecular formula is C17H21N3O3. The summed E-state index contributed by atoms with van der Waals surface area (Å²) >= 11 is 0. The van der Waals surface area contributed by atoms with E-state index in [2.05, 4.69) is 5.16 Å². The maximum atomic E-state index is 12.5. The largest absolute Gasteiger partial charge is 0.368 e. The summed E-state index contributed by atoms with van der Waals surface area (Å²) in [5.41, 5.74) is 7.81. The van der Waals surface area contributed by atoms with Gasteiger partial charge in [0.25, 0.3) is 5.91 Å². The zero-order valence-corrected chi connectivity index (χ0v) is 13.4. The highest BCUT2D eigenvalue weighted by Crippen LogP contribution is 2.20. The van der Waals surface area contributed by atoms with Gasteiger partial charge in [-0.2, -0.15) is 0 Å². The molecule has 2 rings (SSSR count). The van der Waals surface area contributed by atoms with Crippen LogP contribution < -0.4 is 5.73 Å². The minimum atomic E-state index is -0.548. The van der Waals surface area contributed by atoms with Crippen molar-refractivity contribution >= 4 is 11.8 Å². The molecule has 0 saturated carbocycles. The van der Waals surface area contributed by atoms with Gasteiger partial charge in [-0.3, -0.25) is 9.59 Å². The first-order chi connectivity index (χ1) is 11.0. The fraction of sp³-hybridized carbons (Fsp3) is 0.353. The lowest BCUT2D eigenvalue weighted by molar-refractivity contribution is -0.118. The van der Waals surface area contributed by atoms with Gasteiger partial charge in [0.15, 0.2) is 0 Å². The van der Waals surface area contributed by atoms with Crippen molar-refractivity contribution in [2.45, 2.75) is 26.7 Å². The van der Waals surface area contributed by atoms with Crippen molar-refractivity contribution in [3.8, 4) is 11.3 Å². The van der Waals surface area contributed by atoms with Crippen LogP contribution in [0.1, 0.15) is 35.9 Å². The predicted molar refractivity (Wildman–Crippen MR) is 86.7 cm³/mol. The van der Waals surface area contributed by atoms with Crippen molar-refractivity contribution in [1.82, 2.24) is 10.1 Å². The van der Waals surface area contributed by atoms with Gasteiger partial charge in [0, 0.05) is 18.2 Å². The van der Waals surface area contributed by atoms with Crippen LogP contribution in [0.15, 0.2) is 34.9 Å². The smallest absolute Gasteiger partial charge is 0.292 e. The first-order valence-corrected chi connectivity index (χ1v) is 7.62. The summed E-state index contributed by atoms with van der Waals surface area (Å²) in [7, 11) is 0. The molecule has 1 aromatic heterocycles. The van der Waals surface area contributed by atoms with E-state index in [0.717, 1.165) is 24.0 Å². The van der Waals surface area contributed by atoms with Crippen LogP contribution in [0.2, 0.25) is 0 Å². The number of amides is 2. The Morgan fingerprint density at radius 1 is 1.26 bits per heavy atom. The van der Waals surface area contributed by atoms with E-state index in [9.17, 15) is 9.59 Å². The van der Waals surface area contributed by atoms with Crippen LogP contribution in [0.5, 0.6) is 0 Å². The molecule has 6 heteroatoms. The minimum absolute atomic E-state index is 0.109. The molecule has 0 aliphatic rings.